The average molecular weight is 222 g/mol. The lowest BCUT2D eigenvalue weighted by Gasteiger charge is -2.24. The van der Waals surface area contributed by atoms with Gasteiger partial charge in [-0.2, -0.15) is 0 Å². The minimum atomic E-state index is 0.343. The van der Waals surface area contributed by atoms with Gasteiger partial charge in [-0.25, -0.2) is 0 Å². The van der Waals surface area contributed by atoms with Crippen LogP contribution in [0.4, 0.5) is 0 Å². The highest BCUT2D eigenvalue weighted by molar-refractivity contribution is 5.05. The Balaban J connectivity index is 1.88. The van der Waals surface area contributed by atoms with E-state index >= 15 is 0 Å². The quantitative estimate of drug-likeness (QED) is 0.829. The summed E-state index contributed by atoms with van der Waals surface area (Å²) in [6.07, 6.45) is 7.17. The van der Waals surface area contributed by atoms with E-state index in [2.05, 4.69) is 30.4 Å². The van der Waals surface area contributed by atoms with Gasteiger partial charge < -0.3 is 9.73 Å². The van der Waals surface area contributed by atoms with E-state index in [1.807, 2.05) is 6.07 Å². The topological polar surface area (TPSA) is 28.4 Å². The van der Waals surface area contributed by atoms with Gasteiger partial charge in [-0.05, 0) is 39.1 Å². The van der Waals surface area contributed by atoms with Crippen LogP contribution < -0.4 is 5.32 Å². The predicted octanol–water partition coefficient (Wildman–Crippen LogP) is 2.41. The van der Waals surface area contributed by atoms with Crippen LogP contribution in [0.25, 0.3) is 0 Å². The van der Waals surface area contributed by atoms with Gasteiger partial charge in [0.2, 0.25) is 0 Å². The molecule has 0 amide bonds. The lowest BCUT2D eigenvalue weighted by atomic mass is 10.2. The monoisotopic (exact) mass is 222 g/mol. The Morgan fingerprint density at radius 1 is 1.44 bits per heavy atom. The van der Waals surface area contributed by atoms with Gasteiger partial charge in [0.1, 0.15) is 5.76 Å². The van der Waals surface area contributed by atoms with Gasteiger partial charge in [-0.1, -0.05) is 12.8 Å². The Morgan fingerprint density at radius 3 is 2.75 bits per heavy atom. The van der Waals surface area contributed by atoms with Crippen molar-refractivity contribution in [2.45, 2.75) is 37.8 Å². The molecule has 1 saturated carbocycles. The second-order valence-electron chi connectivity index (χ2n) is 4.88. The van der Waals surface area contributed by atoms with Gasteiger partial charge in [-0.15, -0.1) is 0 Å². The summed E-state index contributed by atoms with van der Waals surface area (Å²) in [6.45, 7) is 0.977. The zero-order chi connectivity index (χ0) is 11.4. The predicted molar refractivity (Wildman–Crippen MR) is 65.4 cm³/mol. The van der Waals surface area contributed by atoms with E-state index in [1.165, 1.54) is 25.7 Å². The fourth-order valence-electron chi connectivity index (χ4n) is 2.43. The third-order valence-corrected chi connectivity index (χ3v) is 3.45. The van der Waals surface area contributed by atoms with Crippen LogP contribution in [0, 0.1) is 0 Å². The van der Waals surface area contributed by atoms with Crippen molar-refractivity contribution >= 4 is 0 Å². The average Bonchev–Trinajstić information content (AvgIpc) is 2.88. The summed E-state index contributed by atoms with van der Waals surface area (Å²) in [7, 11) is 4.20. The van der Waals surface area contributed by atoms with E-state index in [1.54, 1.807) is 6.26 Å². The van der Waals surface area contributed by atoms with Gasteiger partial charge in [-0.3, -0.25) is 4.90 Å². The van der Waals surface area contributed by atoms with Crippen LogP contribution in [0.15, 0.2) is 22.8 Å². The van der Waals surface area contributed by atoms with Crippen molar-refractivity contribution in [3.63, 3.8) is 0 Å². The third kappa shape index (κ3) is 2.86. The van der Waals surface area contributed by atoms with E-state index in [-0.39, 0.29) is 0 Å². The number of hydrogen-bond donors (Lipinski definition) is 1. The van der Waals surface area contributed by atoms with E-state index in [0.29, 0.717) is 6.04 Å². The molecule has 90 valence electrons. The van der Waals surface area contributed by atoms with Crippen LogP contribution in [0.1, 0.15) is 37.5 Å². The summed E-state index contributed by atoms with van der Waals surface area (Å²) >= 11 is 0. The molecular formula is C13H22N2O. The molecule has 0 radical (unpaired) electrons. The summed E-state index contributed by atoms with van der Waals surface area (Å²) in [4.78, 5) is 2.21. The van der Waals surface area contributed by atoms with Crippen molar-refractivity contribution in [3.8, 4) is 0 Å². The van der Waals surface area contributed by atoms with Crippen LogP contribution in [0.3, 0.4) is 0 Å². The fourth-order valence-corrected chi connectivity index (χ4v) is 2.43. The highest BCUT2D eigenvalue weighted by Gasteiger charge is 2.20. The molecule has 3 nitrogen and oxygen atoms in total. The normalized spacial score (nSPS) is 19.4. The molecular weight excluding hydrogens is 200 g/mol. The molecule has 0 bridgehead atoms. The summed E-state index contributed by atoms with van der Waals surface area (Å²) in [5.41, 5.74) is 0. The highest BCUT2D eigenvalue weighted by atomic mass is 16.3. The molecule has 0 saturated heterocycles. The lowest BCUT2D eigenvalue weighted by molar-refractivity contribution is 0.243. The van der Waals surface area contributed by atoms with Crippen LogP contribution >= 0.6 is 0 Å². The van der Waals surface area contributed by atoms with Gasteiger partial charge in [0.25, 0.3) is 0 Å². The van der Waals surface area contributed by atoms with Crippen LogP contribution in [-0.2, 0) is 0 Å². The molecule has 1 fully saturated rings. The second kappa shape index (κ2) is 5.51. The minimum Gasteiger partial charge on any atom is -0.468 e. The maximum atomic E-state index is 5.49. The Morgan fingerprint density at radius 2 is 2.19 bits per heavy atom. The number of rotatable bonds is 5. The van der Waals surface area contributed by atoms with E-state index < -0.39 is 0 Å². The van der Waals surface area contributed by atoms with Crippen LogP contribution in [-0.4, -0.2) is 31.6 Å². The van der Waals surface area contributed by atoms with Gasteiger partial charge in [0, 0.05) is 12.6 Å². The number of hydrogen-bond acceptors (Lipinski definition) is 3. The number of nitrogens with one attached hydrogen (secondary N) is 1. The highest BCUT2D eigenvalue weighted by Crippen LogP contribution is 2.21. The second-order valence-corrected chi connectivity index (χ2v) is 4.88. The van der Waals surface area contributed by atoms with Crippen molar-refractivity contribution < 1.29 is 4.42 Å². The van der Waals surface area contributed by atoms with E-state index in [9.17, 15) is 0 Å². The third-order valence-electron chi connectivity index (χ3n) is 3.45. The first-order chi connectivity index (χ1) is 7.77. The number of likely N-dealkylation sites (N-methyl/N-ethyl adjacent to an activating group) is 1. The molecule has 0 aromatic carbocycles. The standard InChI is InChI=1S/C13H22N2O/c1-15(2)12(13-8-5-9-16-13)10-14-11-6-3-4-7-11/h5,8-9,11-12,14H,3-4,6-7,10H2,1-2H3. The molecule has 1 N–H and O–H groups in total. The molecule has 1 unspecified atom stereocenters. The first-order valence-electron chi connectivity index (χ1n) is 6.20. The Kier molecular flexibility index (Phi) is 4.02. The molecule has 16 heavy (non-hydrogen) atoms. The summed E-state index contributed by atoms with van der Waals surface area (Å²) in [5.74, 6) is 1.05. The largest absolute Gasteiger partial charge is 0.468 e. The maximum Gasteiger partial charge on any atom is 0.122 e. The van der Waals surface area contributed by atoms with Gasteiger partial charge in [0.15, 0.2) is 0 Å². The molecule has 3 heteroatoms. The molecule has 2 rings (SSSR count). The first kappa shape index (κ1) is 11.7. The van der Waals surface area contributed by atoms with Crippen molar-refractivity contribution in [3.05, 3.63) is 24.2 Å². The van der Waals surface area contributed by atoms with E-state index in [0.717, 1.165) is 18.3 Å². The Hall–Kier alpha value is -0.800. The Bertz CT molecular complexity index is 289. The molecule has 1 aromatic heterocycles. The SMILES string of the molecule is CN(C)C(CNC1CCCC1)c1ccco1. The van der Waals surface area contributed by atoms with Crippen LogP contribution in [0.5, 0.6) is 0 Å². The van der Waals surface area contributed by atoms with Crippen LogP contribution in [0.2, 0.25) is 0 Å². The van der Waals surface area contributed by atoms with Crippen molar-refractivity contribution in [1.82, 2.24) is 10.2 Å². The molecule has 1 aliphatic carbocycles. The van der Waals surface area contributed by atoms with E-state index in [4.69, 9.17) is 4.42 Å². The van der Waals surface area contributed by atoms with Crippen molar-refractivity contribution in [2.24, 2.45) is 0 Å². The molecule has 1 aromatic rings. The fraction of sp³-hybridized carbons (Fsp3) is 0.692. The summed E-state index contributed by atoms with van der Waals surface area (Å²) < 4.78 is 5.49. The zero-order valence-corrected chi connectivity index (χ0v) is 10.3. The Labute approximate surface area is 97.8 Å². The van der Waals surface area contributed by atoms with Gasteiger partial charge >= 0.3 is 0 Å². The number of nitrogens with zero attached hydrogens (tertiary/aromatic N) is 1. The maximum absolute atomic E-state index is 5.49. The molecule has 1 aliphatic rings. The first-order valence-corrected chi connectivity index (χ1v) is 6.20. The van der Waals surface area contributed by atoms with Crippen molar-refractivity contribution in [1.29, 1.82) is 0 Å². The number of furan rings is 1. The summed E-state index contributed by atoms with van der Waals surface area (Å²) in [6, 6.07) is 5.08. The summed E-state index contributed by atoms with van der Waals surface area (Å²) in [5, 5.41) is 3.65. The molecule has 1 atom stereocenters. The minimum absolute atomic E-state index is 0.343. The molecule has 0 spiro atoms. The van der Waals surface area contributed by atoms with Gasteiger partial charge in [0.05, 0.1) is 12.3 Å². The lowest BCUT2D eigenvalue weighted by Crippen LogP contribution is -2.35. The molecule has 1 heterocycles. The zero-order valence-electron chi connectivity index (χ0n) is 10.3. The van der Waals surface area contributed by atoms with Crippen molar-refractivity contribution in [2.75, 3.05) is 20.6 Å². The smallest absolute Gasteiger partial charge is 0.122 e. The molecule has 0 aliphatic heterocycles.